The Balaban J connectivity index is 2.24. The average molecular weight is 287 g/mol. The second kappa shape index (κ2) is 6.87. The molecule has 1 N–H and O–H groups in total. The number of aromatic nitrogens is 2. The lowest BCUT2D eigenvalue weighted by Gasteiger charge is -2.21. The van der Waals surface area contributed by atoms with Crippen molar-refractivity contribution in [2.45, 2.75) is 39.3 Å². The Hall–Kier alpha value is -1.65. The highest BCUT2D eigenvalue weighted by Crippen LogP contribution is 2.18. The van der Waals surface area contributed by atoms with Gasteiger partial charge < -0.3 is 14.6 Å². The van der Waals surface area contributed by atoms with Crippen molar-refractivity contribution >= 4 is 0 Å². The minimum atomic E-state index is 0.0880. The highest BCUT2D eigenvalue weighted by Gasteiger charge is 2.12. The van der Waals surface area contributed by atoms with Crippen molar-refractivity contribution in [3.63, 3.8) is 0 Å². The topological polar surface area (TPSA) is 39.1 Å². The first-order chi connectivity index (χ1) is 10.0. The first kappa shape index (κ1) is 15.7. The molecule has 4 heteroatoms. The van der Waals surface area contributed by atoms with E-state index in [1.165, 1.54) is 11.3 Å². The first-order valence-corrected chi connectivity index (χ1v) is 7.35. The van der Waals surface area contributed by atoms with Crippen LogP contribution in [0.15, 0.2) is 36.8 Å². The van der Waals surface area contributed by atoms with Crippen molar-refractivity contribution in [1.82, 2.24) is 14.9 Å². The van der Waals surface area contributed by atoms with Gasteiger partial charge in [0.15, 0.2) is 0 Å². The van der Waals surface area contributed by atoms with Gasteiger partial charge in [0.1, 0.15) is 0 Å². The van der Waals surface area contributed by atoms with E-state index in [0.717, 1.165) is 25.3 Å². The lowest BCUT2D eigenvalue weighted by molar-refractivity contribution is 0.202. The van der Waals surface area contributed by atoms with Crippen molar-refractivity contribution < 1.29 is 4.74 Å². The molecule has 0 amide bonds. The van der Waals surface area contributed by atoms with Gasteiger partial charge >= 0.3 is 0 Å². The van der Waals surface area contributed by atoms with Crippen LogP contribution >= 0.6 is 0 Å². The molecule has 0 aliphatic heterocycles. The number of benzene rings is 1. The molecule has 114 valence electrons. The molecule has 0 aliphatic carbocycles. The Morgan fingerprint density at radius 3 is 2.71 bits per heavy atom. The van der Waals surface area contributed by atoms with Gasteiger partial charge in [-0.1, -0.05) is 18.2 Å². The standard InChI is InChI=1S/C17H25N3O/c1-17(2,3)19-12-15-11-18-13-20(15)16-8-6-5-7-14(16)9-10-21-4/h5-8,11,13,19H,9-10,12H2,1-4H3. The molecule has 2 rings (SSSR count). The van der Waals surface area contributed by atoms with Crippen LogP contribution in [-0.4, -0.2) is 28.8 Å². The number of imidazole rings is 1. The summed E-state index contributed by atoms with van der Waals surface area (Å²) in [7, 11) is 1.73. The van der Waals surface area contributed by atoms with Gasteiger partial charge in [-0.25, -0.2) is 4.98 Å². The van der Waals surface area contributed by atoms with Gasteiger partial charge in [0.25, 0.3) is 0 Å². The fraction of sp³-hybridized carbons (Fsp3) is 0.471. The predicted molar refractivity (Wildman–Crippen MR) is 85.7 cm³/mol. The van der Waals surface area contributed by atoms with Crippen LogP contribution in [0.25, 0.3) is 5.69 Å². The van der Waals surface area contributed by atoms with Crippen LogP contribution in [0, 0.1) is 0 Å². The van der Waals surface area contributed by atoms with Crippen molar-refractivity contribution in [3.8, 4) is 5.69 Å². The molecule has 21 heavy (non-hydrogen) atoms. The largest absolute Gasteiger partial charge is 0.384 e. The van der Waals surface area contributed by atoms with E-state index in [4.69, 9.17) is 4.74 Å². The van der Waals surface area contributed by atoms with Crippen LogP contribution in [0.2, 0.25) is 0 Å². The van der Waals surface area contributed by atoms with Gasteiger partial charge in [-0.3, -0.25) is 0 Å². The zero-order valence-electron chi connectivity index (χ0n) is 13.4. The number of para-hydroxylation sites is 1. The van der Waals surface area contributed by atoms with E-state index < -0.39 is 0 Å². The van der Waals surface area contributed by atoms with Crippen LogP contribution in [-0.2, 0) is 17.7 Å². The molecule has 0 saturated heterocycles. The van der Waals surface area contributed by atoms with E-state index in [1.807, 2.05) is 12.5 Å². The van der Waals surface area contributed by atoms with E-state index in [1.54, 1.807) is 7.11 Å². The molecule has 0 radical (unpaired) electrons. The van der Waals surface area contributed by atoms with E-state index in [0.29, 0.717) is 0 Å². The Bertz CT molecular complexity index is 569. The Morgan fingerprint density at radius 2 is 2.00 bits per heavy atom. The molecule has 2 aromatic rings. The maximum absolute atomic E-state index is 5.20. The normalized spacial score (nSPS) is 11.8. The molecule has 0 atom stereocenters. The first-order valence-electron chi connectivity index (χ1n) is 7.35. The molecule has 0 fully saturated rings. The van der Waals surface area contributed by atoms with E-state index >= 15 is 0 Å². The number of rotatable bonds is 6. The van der Waals surface area contributed by atoms with Crippen LogP contribution in [0.4, 0.5) is 0 Å². The van der Waals surface area contributed by atoms with Gasteiger partial charge in [-0.05, 0) is 38.8 Å². The third kappa shape index (κ3) is 4.41. The molecule has 1 heterocycles. The number of ether oxygens (including phenoxy) is 1. The van der Waals surface area contributed by atoms with Crippen molar-refractivity contribution in [3.05, 3.63) is 48.0 Å². The second-order valence-corrected chi connectivity index (χ2v) is 6.23. The van der Waals surface area contributed by atoms with Crippen LogP contribution in [0.5, 0.6) is 0 Å². The number of hydrogen-bond donors (Lipinski definition) is 1. The quantitative estimate of drug-likeness (QED) is 0.888. The van der Waals surface area contributed by atoms with Gasteiger partial charge in [-0.15, -0.1) is 0 Å². The maximum Gasteiger partial charge on any atom is 0.0994 e. The lowest BCUT2D eigenvalue weighted by Crippen LogP contribution is -2.35. The van der Waals surface area contributed by atoms with Crippen LogP contribution in [0.1, 0.15) is 32.0 Å². The summed E-state index contributed by atoms with van der Waals surface area (Å²) in [5.41, 5.74) is 3.70. The summed E-state index contributed by atoms with van der Waals surface area (Å²) in [5.74, 6) is 0. The van der Waals surface area contributed by atoms with Crippen molar-refractivity contribution in [1.29, 1.82) is 0 Å². The van der Waals surface area contributed by atoms with Gasteiger partial charge in [-0.2, -0.15) is 0 Å². The molecule has 0 unspecified atom stereocenters. The van der Waals surface area contributed by atoms with Gasteiger partial charge in [0.2, 0.25) is 0 Å². The minimum Gasteiger partial charge on any atom is -0.384 e. The second-order valence-electron chi connectivity index (χ2n) is 6.23. The van der Waals surface area contributed by atoms with Gasteiger partial charge in [0, 0.05) is 25.4 Å². The van der Waals surface area contributed by atoms with E-state index in [-0.39, 0.29) is 5.54 Å². The molecule has 0 bridgehead atoms. The molecule has 1 aromatic heterocycles. The number of methoxy groups -OCH3 is 1. The summed E-state index contributed by atoms with van der Waals surface area (Å²) >= 11 is 0. The summed E-state index contributed by atoms with van der Waals surface area (Å²) in [6, 6.07) is 8.41. The zero-order valence-corrected chi connectivity index (χ0v) is 13.4. The predicted octanol–water partition coefficient (Wildman–Crippen LogP) is 2.95. The van der Waals surface area contributed by atoms with E-state index in [9.17, 15) is 0 Å². The smallest absolute Gasteiger partial charge is 0.0994 e. The molecule has 1 aromatic carbocycles. The Labute approximate surface area is 127 Å². The highest BCUT2D eigenvalue weighted by molar-refractivity contribution is 5.42. The summed E-state index contributed by atoms with van der Waals surface area (Å²) in [6.45, 7) is 8.02. The van der Waals surface area contributed by atoms with Crippen LogP contribution < -0.4 is 5.32 Å². The summed E-state index contributed by atoms with van der Waals surface area (Å²) < 4.78 is 7.36. The molecule has 0 aliphatic rings. The highest BCUT2D eigenvalue weighted by atomic mass is 16.5. The van der Waals surface area contributed by atoms with Gasteiger partial charge in [0.05, 0.1) is 24.3 Å². The zero-order chi connectivity index (χ0) is 15.3. The summed E-state index contributed by atoms with van der Waals surface area (Å²) in [6.07, 6.45) is 4.70. The van der Waals surface area contributed by atoms with Crippen molar-refractivity contribution in [2.24, 2.45) is 0 Å². The van der Waals surface area contributed by atoms with Crippen LogP contribution in [0.3, 0.4) is 0 Å². The third-order valence-corrected chi connectivity index (χ3v) is 3.34. The number of nitrogens with one attached hydrogen (secondary N) is 1. The number of nitrogens with zero attached hydrogens (tertiary/aromatic N) is 2. The lowest BCUT2D eigenvalue weighted by atomic mass is 10.1. The maximum atomic E-state index is 5.20. The summed E-state index contributed by atoms with van der Waals surface area (Å²) in [4.78, 5) is 4.31. The Kier molecular flexibility index (Phi) is 5.15. The monoisotopic (exact) mass is 287 g/mol. The number of hydrogen-bond acceptors (Lipinski definition) is 3. The molecule has 4 nitrogen and oxygen atoms in total. The average Bonchev–Trinajstić information content (AvgIpc) is 2.91. The minimum absolute atomic E-state index is 0.0880. The third-order valence-electron chi connectivity index (χ3n) is 3.34. The SMILES string of the molecule is COCCc1ccccc1-n1cncc1CNC(C)(C)C. The van der Waals surface area contributed by atoms with E-state index in [2.05, 4.69) is 59.9 Å². The molecule has 0 saturated carbocycles. The fourth-order valence-corrected chi connectivity index (χ4v) is 2.20. The Morgan fingerprint density at radius 1 is 1.24 bits per heavy atom. The molecule has 0 spiro atoms. The van der Waals surface area contributed by atoms with Crippen molar-refractivity contribution in [2.75, 3.05) is 13.7 Å². The molecular formula is C17H25N3O. The molecular weight excluding hydrogens is 262 g/mol. The fourth-order valence-electron chi connectivity index (χ4n) is 2.20. The summed E-state index contributed by atoms with van der Waals surface area (Å²) in [5, 5.41) is 3.51.